The third-order valence-corrected chi connectivity index (χ3v) is 5.00. The smallest absolute Gasteiger partial charge is 0.238 e. The van der Waals surface area contributed by atoms with E-state index in [9.17, 15) is 13.7 Å². The number of para-hydroxylation sites is 1. The quantitative estimate of drug-likeness (QED) is 0.745. The molecule has 0 aliphatic rings. The molecule has 0 aliphatic heterocycles. The van der Waals surface area contributed by atoms with Crippen molar-refractivity contribution in [2.45, 2.75) is 24.8 Å². The molecular formula is C18H17N3O3S. The van der Waals surface area contributed by atoms with Crippen LogP contribution in [0, 0.1) is 18.3 Å². The molecule has 7 heteroatoms. The summed E-state index contributed by atoms with van der Waals surface area (Å²) >= 11 is 0. The summed E-state index contributed by atoms with van der Waals surface area (Å²) < 4.78 is 28.8. The normalized spacial score (nSPS) is 12.7. The van der Waals surface area contributed by atoms with Gasteiger partial charge in [0.05, 0.1) is 22.2 Å². The Labute approximate surface area is 145 Å². The molecule has 0 aliphatic carbocycles. The lowest BCUT2D eigenvalue weighted by Gasteiger charge is -2.15. The van der Waals surface area contributed by atoms with Gasteiger partial charge >= 0.3 is 0 Å². The van der Waals surface area contributed by atoms with Crippen LogP contribution in [0.15, 0.2) is 51.8 Å². The van der Waals surface area contributed by atoms with Crippen molar-refractivity contribution in [1.82, 2.24) is 0 Å². The van der Waals surface area contributed by atoms with E-state index in [0.29, 0.717) is 5.69 Å². The maximum absolute atomic E-state index is 11.4. The van der Waals surface area contributed by atoms with E-state index in [0.717, 1.165) is 22.3 Å². The van der Waals surface area contributed by atoms with Crippen LogP contribution in [0.3, 0.4) is 0 Å². The molecule has 0 radical (unpaired) electrons. The van der Waals surface area contributed by atoms with Crippen molar-refractivity contribution in [3.8, 4) is 6.07 Å². The van der Waals surface area contributed by atoms with Gasteiger partial charge in [-0.2, -0.15) is 5.26 Å². The molecule has 6 nitrogen and oxygen atoms in total. The van der Waals surface area contributed by atoms with Crippen LogP contribution in [0.25, 0.3) is 11.0 Å². The van der Waals surface area contributed by atoms with Crippen LogP contribution in [0.4, 0.5) is 5.69 Å². The lowest BCUT2D eigenvalue weighted by molar-refractivity contribution is 0.522. The van der Waals surface area contributed by atoms with Crippen molar-refractivity contribution in [2.24, 2.45) is 5.14 Å². The van der Waals surface area contributed by atoms with Crippen LogP contribution in [0.5, 0.6) is 0 Å². The SMILES string of the molecule is Cc1c(C(C)Nc2ccc(S(N)(=O)=O)cc2C#N)oc2ccccc12. The molecule has 2 aromatic carbocycles. The van der Waals surface area contributed by atoms with Gasteiger partial charge in [-0.25, -0.2) is 13.6 Å². The largest absolute Gasteiger partial charge is 0.459 e. The molecule has 128 valence electrons. The Morgan fingerprint density at radius 3 is 2.60 bits per heavy atom. The first-order valence-corrected chi connectivity index (χ1v) is 9.17. The monoisotopic (exact) mass is 355 g/mol. The maximum atomic E-state index is 11.4. The number of benzene rings is 2. The Hall–Kier alpha value is -2.82. The number of anilines is 1. The Bertz CT molecular complexity index is 1090. The molecule has 3 N–H and O–H groups in total. The standard InChI is InChI=1S/C18H17N3O3S/c1-11-15-5-3-4-6-17(15)24-18(11)12(2)21-16-8-7-14(25(20,22)23)9-13(16)10-19/h3-9,12,21H,1-2H3,(H2,20,22,23). The van der Waals surface area contributed by atoms with Crippen LogP contribution < -0.4 is 10.5 Å². The third kappa shape index (κ3) is 3.22. The van der Waals surface area contributed by atoms with Crippen LogP contribution in [-0.4, -0.2) is 8.42 Å². The third-order valence-electron chi connectivity index (χ3n) is 4.09. The van der Waals surface area contributed by atoms with Crippen LogP contribution >= 0.6 is 0 Å². The summed E-state index contributed by atoms with van der Waals surface area (Å²) in [5, 5.41) is 18.7. The second kappa shape index (κ2) is 6.24. The minimum atomic E-state index is -3.85. The molecule has 0 spiro atoms. The van der Waals surface area contributed by atoms with Gasteiger partial charge in [-0.05, 0) is 38.1 Å². The van der Waals surface area contributed by atoms with Gasteiger partial charge < -0.3 is 9.73 Å². The van der Waals surface area contributed by atoms with Crippen molar-refractivity contribution in [3.63, 3.8) is 0 Å². The van der Waals surface area contributed by atoms with E-state index in [4.69, 9.17) is 9.56 Å². The predicted molar refractivity (Wildman–Crippen MR) is 95.5 cm³/mol. The molecule has 1 aromatic heterocycles. The van der Waals surface area contributed by atoms with E-state index in [1.54, 1.807) is 0 Å². The summed E-state index contributed by atoms with van der Waals surface area (Å²) in [4.78, 5) is -0.0952. The number of nitrogens with one attached hydrogen (secondary N) is 1. The first-order chi connectivity index (χ1) is 11.8. The fourth-order valence-electron chi connectivity index (χ4n) is 2.82. The Balaban J connectivity index is 1.96. The zero-order chi connectivity index (χ0) is 18.2. The van der Waals surface area contributed by atoms with E-state index < -0.39 is 10.0 Å². The van der Waals surface area contributed by atoms with Crippen molar-refractivity contribution >= 4 is 26.7 Å². The Morgan fingerprint density at radius 2 is 1.96 bits per heavy atom. The number of sulfonamides is 1. The van der Waals surface area contributed by atoms with Crippen LogP contribution in [-0.2, 0) is 10.0 Å². The topological polar surface area (TPSA) is 109 Å². The number of hydrogen-bond acceptors (Lipinski definition) is 5. The molecule has 0 fully saturated rings. The van der Waals surface area contributed by atoms with E-state index in [2.05, 4.69) is 5.32 Å². The fourth-order valence-corrected chi connectivity index (χ4v) is 3.36. The molecule has 0 saturated heterocycles. The number of fused-ring (bicyclic) bond motifs is 1. The summed E-state index contributed by atoms with van der Waals surface area (Å²) in [6.07, 6.45) is 0. The number of primary sulfonamides is 1. The zero-order valence-electron chi connectivity index (χ0n) is 13.8. The number of nitriles is 1. The minimum Gasteiger partial charge on any atom is -0.459 e. The number of hydrogen-bond donors (Lipinski definition) is 2. The van der Waals surface area contributed by atoms with Gasteiger partial charge in [0.2, 0.25) is 10.0 Å². The molecule has 3 rings (SSSR count). The molecule has 0 amide bonds. The Kier molecular flexibility index (Phi) is 4.25. The second-order valence-electron chi connectivity index (χ2n) is 5.82. The number of nitrogens with zero attached hydrogens (tertiary/aromatic N) is 1. The molecule has 1 heterocycles. The van der Waals surface area contributed by atoms with Gasteiger partial charge in [0, 0.05) is 10.9 Å². The van der Waals surface area contributed by atoms with Gasteiger partial charge in [0.15, 0.2) is 0 Å². The summed E-state index contributed by atoms with van der Waals surface area (Å²) in [7, 11) is -3.85. The van der Waals surface area contributed by atoms with E-state index in [-0.39, 0.29) is 16.5 Å². The molecule has 25 heavy (non-hydrogen) atoms. The number of rotatable bonds is 4. The van der Waals surface area contributed by atoms with Gasteiger partial charge in [-0.1, -0.05) is 18.2 Å². The fraction of sp³-hybridized carbons (Fsp3) is 0.167. The van der Waals surface area contributed by atoms with E-state index in [1.807, 2.05) is 44.2 Å². The number of nitrogens with two attached hydrogens (primary N) is 1. The van der Waals surface area contributed by atoms with Gasteiger partial charge in [0.25, 0.3) is 0 Å². The first-order valence-electron chi connectivity index (χ1n) is 7.63. The van der Waals surface area contributed by atoms with Crippen LogP contribution in [0.2, 0.25) is 0 Å². The summed E-state index contributed by atoms with van der Waals surface area (Å²) in [5.41, 5.74) is 2.54. The predicted octanol–water partition coefficient (Wildman–Crippen LogP) is 3.43. The van der Waals surface area contributed by atoms with Crippen molar-refractivity contribution in [2.75, 3.05) is 5.32 Å². The van der Waals surface area contributed by atoms with Crippen molar-refractivity contribution in [1.29, 1.82) is 5.26 Å². The van der Waals surface area contributed by atoms with Crippen molar-refractivity contribution < 1.29 is 12.8 Å². The lowest BCUT2D eigenvalue weighted by Crippen LogP contribution is -2.13. The average Bonchev–Trinajstić information content (AvgIpc) is 2.91. The van der Waals surface area contributed by atoms with E-state index in [1.165, 1.54) is 18.2 Å². The first kappa shape index (κ1) is 17.0. The maximum Gasteiger partial charge on any atom is 0.238 e. The highest BCUT2D eigenvalue weighted by molar-refractivity contribution is 7.89. The summed E-state index contributed by atoms with van der Waals surface area (Å²) in [6.45, 7) is 3.90. The van der Waals surface area contributed by atoms with Gasteiger partial charge in [-0.15, -0.1) is 0 Å². The zero-order valence-corrected chi connectivity index (χ0v) is 14.6. The van der Waals surface area contributed by atoms with Crippen LogP contribution in [0.1, 0.15) is 29.9 Å². The molecule has 1 atom stereocenters. The molecule has 3 aromatic rings. The minimum absolute atomic E-state index is 0.0952. The second-order valence-corrected chi connectivity index (χ2v) is 7.38. The molecule has 0 bridgehead atoms. The molecular weight excluding hydrogens is 338 g/mol. The molecule has 1 unspecified atom stereocenters. The number of aryl methyl sites for hydroxylation is 1. The summed E-state index contributed by atoms with van der Waals surface area (Å²) in [6, 6.07) is 13.7. The molecule has 0 saturated carbocycles. The highest BCUT2D eigenvalue weighted by Gasteiger charge is 2.18. The average molecular weight is 355 g/mol. The lowest BCUT2D eigenvalue weighted by atomic mass is 10.1. The van der Waals surface area contributed by atoms with Gasteiger partial charge in [-0.3, -0.25) is 0 Å². The van der Waals surface area contributed by atoms with Crippen molar-refractivity contribution in [3.05, 3.63) is 59.4 Å². The summed E-state index contributed by atoms with van der Waals surface area (Å²) in [5.74, 6) is 0.764. The Morgan fingerprint density at radius 1 is 1.24 bits per heavy atom. The van der Waals surface area contributed by atoms with Gasteiger partial charge in [0.1, 0.15) is 17.4 Å². The highest BCUT2D eigenvalue weighted by atomic mass is 32.2. The highest BCUT2D eigenvalue weighted by Crippen LogP contribution is 2.32. The number of furan rings is 1. The van der Waals surface area contributed by atoms with E-state index >= 15 is 0 Å².